The first-order valence-corrected chi connectivity index (χ1v) is 9.87. The molecule has 1 saturated heterocycles. The second-order valence-electron chi connectivity index (χ2n) is 8.72. The average Bonchev–Trinajstić information content (AvgIpc) is 3.47. The number of alkyl halides is 5. The van der Waals surface area contributed by atoms with Crippen LogP contribution in [0.1, 0.15) is 55.6 Å². The summed E-state index contributed by atoms with van der Waals surface area (Å²) in [5.41, 5.74) is -0.828. The highest BCUT2D eigenvalue weighted by Gasteiger charge is 2.50. The molecule has 31 heavy (non-hydrogen) atoms. The number of ether oxygens (including phenoxy) is 1. The topological polar surface area (TPSA) is 71.5 Å². The number of halogens is 5. The quantitative estimate of drug-likeness (QED) is 0.647. The summed E-state index contributed by atoms with van der Waals surface area (Å²) in [6, 6.07) is 0.401. The Balaban J connectivity index is 1.69. The van der Waals surface area contributed by atoms with E-state index in [9.17, 15) is 31.5 Å². The van der Waals surface area contributed by atoms with Gasteiger partial charge in [-0.2, -0.15) is 13.2 Å². The summed E-state index contributed by atoms with van der Waals surface area (Å²) in [4.78, 5) is 30.2. The first-order valence-electron chi connectivity index (χ1n) is 9.87. The molecular formula is C20H24F5N3O3. The standard InChI is InChI=1S/C20H24F5N3O3/c1-11(18(2,3)17(30)28-8-19(21,22)9-28)27-16(29)14-6-15(31-10-20(23,24)25)13(7-26-14)12-4-5-12/h6-7,11-12H,4-5,8-10H2,1-3H3,(H,27,29). The number of carbonyl (C=O) groups is 2. The minimum absolute atomic E-state index is 0.0502. The van der Waals surface area contributed by atoms with E-state index in [0.717, 1.165) is 23.8 Å². The first-order chi connectivity index (χ1) is 14.2. The van der Waals surface area contributed by atoms with Gasteiger partial charge >= 0.3 is 6.18 Å². The van der Waals surface area contributed by atoms with Gasteiger partial charge in [0.2, 0.25) is 5.91 Å². The van der Waals surface area contributed by atoms with E-state index < -0.39 is 55.1 Å². The highest BCUT2D eigenvalue weighted by Crippen LogP contribution is 2.44. The normalized spacial score (nSPS) is 19.4. The molecule has 2 heterocycles. The Morgan fingerprint density at radius 3 is 2.42 bits per heavy atom. The molecule has 1 aliphatic heterocycles. The molecule has 1 unspecified atom stereocenters. The molecule has 11 heteroatoms. The van der Waals surface area contributed by atoms with Gasteiger partial charge in [-0.05, 0) is 39.5 Å². The number of amides is 2. The number of hydrogen-bond acceptors (Lipinski definition) is 4. The van der Waals surface area contributed by atoms with Crippen molar-refractivity contribution in [3.8, 4) is 5.75 Å². The van der Waals surface area contributed by atoms with Crippen molar-refractivity contribution in [1.82, 2.24) is 15.2 Å². The average molecular weight is 449 g/mol. The zero-order valence-electron chi connectivity index (χ0n) is 17.4. The van der Waals surface area contributed by atoms with Crippen molar-refractivity contribution < 1.29 is 36.3 Å². The Morgan fingerprint density at radius 1 is 1.29 bits per heavy atom. The fourth-order valence-electron chi connectivity index (χ4n) is 3.26. The lowest BCUT2D eigenvalue weighted by molar-refractivity contribution is -0.174. The Hall–Kier alpha value is -2.46. The molecule has 2 aliphatic rings. The highest BCUT2D eigenvalue weighted by atomic mass is 19.4. The van der Waals surface area contributed by atoms with Crippen LogP contribution in [0.2, 0.25) is 0 Å². The zero-order chi connectivity index (χ0) is 23.2. The van der Waals surface area contributed by atoms with Crippen LogP contribution >= 0.6 is 0 Å². The maximum absolute atomic E-state index is 13.1. The van der Waals surface area contributed by atoms with E-state index in [1.807, 2.05) is 0 Å². The third-order valence-electron chi connectivity index (χ3n) is 5.65. The van der Waals surface area contributed by atoms with Crippen LogP contribution in [0.4, 0.5) is 22.0 Å². The summed E-state index contributed by atoms with van der Waals surface area (Å²) in [6.45, 7) is 1.78. The van der Waals surface area contributed by atoms with Crippen LogP contribution in [-0.2, 0) is 4.79 Å². The number of pyridine rings is 1. The molecule has 1 N–H and O–H groups in total. The van der Waals surface area contributed by atoms with Crippen LogP contribution in [0.15, 0.2) is 12.3 Å². The summed E-state index contributed by atoms with van der Waals surface area (Å²) in [6.07, 6.45) is -1.59. The fourth-order valence-corrected chi connectivity index (χ4v) is 3.26. The van der Waals surface area contributed by atoms with Crippen molar-refractivity contribution in [3.63, 3.8) is 0 Å². The van der Waals surface area contributed by atoms with Gasteiger partial charge in [-0.15, -0.1) is 0 Å². The molecule has 3 rings (SSSR count). The highest BCUT2D eigenvalue weighted by molar-refractivity contribution is 5.94. The molecule has 2 fully saturated rings. The minimum atomic E-state index is -4.53. The fraction of sp³-hybridized carbons (Fsp3) is 0.650. The van der Waals surface area contributed by atoms with E-state index >= 15 is 0 Å². The predicted octanol–water partition coefficient (Wildman–Crippen LogP) is 3.52. The summed E-state index contributed by atoms with van der Waals surface area (Å²) >= 11 is 0. The molecule has 0 bridgehead atoms. The predicted molar refractivity (Wildman–Crippen MR) is 100.0 cm³/mol. The minimum Gasteiger partial charge on any atom is -0.484 e. The molecular weight excluding hydrogens is 425 g/mol. The van der Waals surface area contributed by atoms with Crippen molar-refractivity contribution in [1.29, 1.82) is 0 Å². The van der Waals surface area contributed by atoms with E-state index in [0.29, 0.717) is 5.56 Å². The third kappa shape index (κ3) is 5.43. The van der Waals surface area contributed by atoms with Gasteiger partial charge in [0.25, 0.3) is 11.8 Å². The summed E-state index contributed by atoms with van der Waals surface area (Å²) in [7, 11) is 0. The molecule has 1 aromatic heterocycles. The van der Waals surface area contributed by atoms with Gasteiger partial charge in [-0.25, -0.2) is 8.78 Å². The number of hydrogen-bond donors (Lipinski definition) is 1. The molecule has 0 aromatic carbocycles. The van der Waals surface area contributed by atoms with Crippen molar-refractivity contribution in [2.75, 3.05) is 19.7 Å². The smallest absolute Gasteiger partial charge is 0.422 e. The van der Waals surface area contributed by atoms with E-state index in [2.05, 4.69) is 10.3 Å². The molecule has 1 saturated carbocycles. The number of nitrogens with zero attached hydrogens (tertiary/aromatic N) is 2. The third-order valence-corrected chi connectivity index (χ3v) is 5.65. The lowest BCUT2D eigenvalue weighted by Crippen LogP contribution is -2.63. The molecule has 0 spiro atoms. The van der Waals surface area contributed by atoms with Gasteiger partial charge in [0.15, 0.2) is 6.61 Å². The molecule has 1 aromatic rings. The van der Waals surface area contributed by atoms with Crippen LogP contribution < -0.4 is 10.1 Å². The lowest BCUT2D eigenvalue weighted by atomic mass is 9.82. The molecule has 6 nitrogen and oxygen atoms in total. The number of aromatic nitrogens is 1. The second kappa shape index (κ2) is 7.90. The number of rotatable bonds is 7. The molecule has 0 radical (unpaired) electrons. The van der Waals surface area contributed by atoms with Crippen molar-refractivity contribution in [2.45, 2.75) is 57.7 Å². The van der Waals surface area contributed by atoms with Crippen LogP contribution in [-0.4, -0.2) is 59.5 Å². The van der Waals surface area contributed by atoms with Crippen LogP contribution in [0.25, 0.3) is 0 Å². The van der Waals surface area contributed by atoms with Crippen LogP contribution in [0.3, 0.4) is 0 Å². The van der Waals surface area contributed by atoms with Crippen molar-refractivity contribution in [3.05, 3.63) is 23.5 Å². The Kier molecular flexibility index (Phi) is 5.92. The van der Waals surface area contributed by atoms with E-state index in [-0.39, 0.29) is 17.4 Å². The van der Waals surface area contributed by atoms with Gasteiger partial charge in [-0.1, -0.05) is 0 Å². The number of carbonyl (C=O) groups excluding carboxylic acids is 2. The van der Waals surface area contributed by atoms with Crippen LogP contribution in [0, 0.1) is 5.41 Å². The molecule has 1 atom stereocenters. The van der Waals surface area contributed by atoms with Crippen molar-refractivity contribution >= 4 is 11.8 Å². The summed E-state index contributed by atoms with van der Waals surface area (Å²) in [5, 5.41) is 2.59. The maximum atomic E-state index is 13.1. The summed E-state index contributed by atoms with van der Waals surface area (Å²) in [5.74, 6) is -4.14. The van der Waals surface area contributed by atoms with Crippen molar-refractivity contribution in [2.24, 2.45) is 5.41 Å². The Labute approximate surface area is 176 Å². The second-order valence-corrected chi connectivity index (χ2v) is 8.72. The summed E-state index contributed by atoms with van der Waals surface area (Å²) < 4.78 is 68.8. The lowest BCUT2D eigenvalue weighted by Gasteiger charge is -2.44. The largest absolute Gasteiger partial charge is 0.484 e. The van der Waals surface area contributed by atoms with E-state index in [1.54, 1.807) is 6.92 Å². The Morgan fingerprint density at radius 2 is 1.90 bits per heavy atom. The number of likely N-dealkylation sites (tertiary alicyclic amines) is 1. The molecule has 172 valence electrons. The van der Waals surface area contributed by atoms with Gasteiger partial charge in [0, 0.05) is 23.9 Å². The SMILES string of the molecule is CC(NC(=O)c1cc(OCC(F)(F)F)c(C2CC2)cn1)C(C)(C)C(=O)N1CC(F)(F)C1. The van der Waals surface area contributed by atoms with Gasteiger partial charge in [0.05, 0.1) is 18.5 Å². The van der Waals surface area contributed by atoms with Crippen LogP contribution in [0.5, 0.6) is 5.75 Å². The van der Waals surface area contributed by atoms with E-state index in [4.69, 9.17) is 4.74 Å². The first kappa shape index (κ1) is 23.2. The molecule has 2 amide bonds. The van der Waals surface area contributed by atoms with Gasteiger partial charge in [-0.3, -0.25) is 14.6 Å². The zero-order valence-corrected chi connectivity index (χ0v) is 17.4. The monoisotopic (exact) mass is 449 g/mol. The van der Waals surface area contributed by atoms with E-state index in [1.165, 1.54) is 20.0 Å². The maximum Gasteiger partial charge on any atom is 0.422 e. The van der Waals surface area contributed by atoms with Gasteiger partial charge in [0.1, 0.15) is 11.4 Å². The Bertz CT molecular complexity index is 860. The molecule has 1 aliphatic carbocycles. The van der Waals surface area contributed by atoms with Gasteiger partial charge < -0.3 is 15.0 Å². The number of nitrogens with one attached hydrogen (secondary N) is 1.